The highest BCUT2D eigenvalue weighted by atomic mass is 35.5. The zero-order chi connectivity index (χ0) is 14.6. The molecule has 1 atom stereocenters. The lowest BCUT2D eigenvalue weighted by Gasteiger charge is -2.30. The number of nitrogens with one attached hydrogen (secondary N) is 1. The van der Waals surface area contributed by atoms with Crippen molar-refractivity contribution in [1.29, 1.82) is 0 Å². The SMILES string of the molecule is CNC(CCn1cc(Cl)cn1)(C(N)=O)c1ccccc1. The molecule has 0 aliphatic carbocycles. The van der Waals surface area contributed by atoms with Gasteiger partial charge in [0.1, 0.15) is 5.54 Å². The van der Waals surface area contributed by atoms with Gasteiger partial charge >= 0.3 is 0 Å². The summed E-state index contributed by atoms with van der Waals surface area (Å²) < 4.78 is 1.69. The number of amides is 1. The van der Waals surface area contributed by atoms with Crippen molar-refractivity contribution in [2.45, 2.75) is 18.5 Å². The number of carbonyl (C=O) groups is 1. The lowest BCUT2D eigenvalue weighted by atomic mass is 9.86. The molecule has 106 valence electrons. The maximum absolute atomic E-state index is 12.0. The van der Waals surface area contributed by atoms with E-state index >= 15 is 0 Å². The van der Waals surface area contributed by atoms with Crippen LogP contribution in [0, 0.1) is 0 Å². The van der Waals surface area contributed by atoms with Gasteiger partial charge in [-0.2, -0.15) is 5.10 Å². The molecule has 0 fully saturated rings. The van der Waals surface area contributed by atoms with Gasteiger partial charge in [0, 0.05) is 12.7 Å². The highest BCUT2D eigenvalue weighted by Crippen LogP contribution is 2.25. The van der Waals surface area contributed by atoms with Gasteiger partial charge in [-0.05, 0) is 19.0 Å². The molecule has 3 N–H and O–H groups in total. The van der Waals surface area contributed by atoms with Crippen molar-refractivity contribution in [3.05, 3.63) is 53.3 Å². The number of hydrogen-bond donors (Lipinski definition) is 2. The summed E-state index contributed by atoms with van der Waals surface area (Å²) in [7, 11) is 1.73. The fourth-order valence-electron chi connectivity index (χ4n) is 2.27. The van der Waals surface area contributed by atoms with E-state index in [2.05, 4.69) is 10.4 Å². The molecule has 5 nitrogen and oxygen atoms in total. The summed E-state index contributed by atoms with van der Waals surface area (Å²) in [6.07, 6.45) is 3.77. The molecule has 1 unspecified atom stereocenters. The molecule has 0 radical (unpaired) electrons. The highest BCUT2D eigenvalue weighted by molar-refractivity contribution is 6.30. The summed E-state index contributed by atoms with van der Waals surface area (Å²) in [6.45, 7) is 0.533. The van der Waals surface area contributed by atoms with E-state index in [1.807, 2.05) is 30.3 Å². The molecule has 1 aromatic carbocycles. The van der Waals surface area contributed by atoms with Gasteiger partial charge < -0.3 is 11.1 Å². The molecule has 0 aliphatic heterocycles. The Kier molecular flexibility index (Phi) is 4.42. The van der Waals surface area contributed by atoms with Crippen molar-refractivity contribution in [3.8, 4) is 0 Å². The van der Waals surface area contributed by atoms with Crippen LogP contribution in [-0.4, -0.2) is 22.7 Å². The lowest BCUT2D eigenvalue weighted by molar-refractivity contribution is -0.125. The first kappa shape index (κ1) is 14.6. The number of nitrogens with zero attached hydrogens (tertiary/aromatic N) is 2. The van der Waals surface area contributed by atoms with Crippen molar-refractivity contribution in [3.63, 3.8) is 0 Å². The van der Waals surface area contributed by atoms with Crippen molar-refractivity contribution in [2.24, 2.45) is 5.73 Å². The largest absolute Gasteiger partial charge is 0.368 e. The number of hydrogen-bond acceptors (Lipinski definition) is 3. The van der Waals surface area contributed by atoms with Crippen molar-refractivity contribution < 1.29 is 4.79 Å². The molecule has 2 aromatic rings. The molecule has 20 heavy (non-hydrogen) atoms. The number of benzene rings is 1. The number of carbonyl (C=O) groups excluding carboxylic acids is 1. The fraction of sp³-hybridized carbons (Fsp3) is 0.286. The molecule has 1 amide bonds. The van der Waals surface area contributed by atoms with E-state index in [1.54, 1.807) is 24.1 Å². The Balaban J connectivity index is 2.26. The molecular formula is C14H17ClN4O. The standard InChI is InChI=1S/C14H17ClN4O/c1-17-14(13(16)20,11-5-3-2-4-6-11)7-8-19-10-12(15)9-18-19/h2-6,9-10,17H,7-8H2,1H3,(H2,16,20). The van der Waals surface area contributed by atoms with E-state index in [1.165, 1.54) is 0 Å². The molecule has 1 aromatic heterocycles. The third-order valence-electron chi connectivity index (χ3n) is 3.43. The molecule has 0 saturated carbocycles. The lowest BCUT2D eigenvalue weighted by Crippen LogP contribution is -2.51. The average Bonchev–Trinajstić information content (AvgIpc) is 2.87. The van der Waals surface area contributed by atoms with Crippen LogP contribution in [0.4, 0.5) is 0 Å². The number of aryl methyl sites for hydroxylation is 1. The van der Waals surface area contributed by atoms with E-state index in [0.29, 0.717) is 18.0 Å². The maximum Gasteiger partial charge on any atom is 0.242 e. The summed E-state index contributed by atoms with van der Waals surface area (Å²) in [5.41, 5.74) is 5.55. The first-order chi connectivity index (χ1) is 9.58. The summed E-state index contributed by atoms with van der Waals surface area (Å²) >= 11 is 5.83. The molecule has 2 rings (SSSR count). The third-order valence-corrected chi connectivity index (χ3v) is 3.63. The Morgan fingerprint density at radius 1 is 1.45 bits per heavy atom. The van der Waals surface area contributed by atoms with Gasteiger partial charge in [-0.1, -0.05) is 41.9 Å². The first-order valence-corrected chi connectivity index (χ1v) is 6.68. The quantitative estimate of drug-likeness (QED) is 0.848. The minimum Gasteiger partial charge on any atom is -0.368 e. The average molecular weight is 293 g/mol. The number of rotatable bonds is 6. The Morgan fingerprint density at radius 2 is 2.15 bits per heavy atom. The van der Waals surface area contributed by atoms with E-state index in [4.69, 9.17) is 17.3 Å². The van der Waals surface area contributed by atoms with Crippen LogP contribution in [0.2, 0.25) is 5.02 Å². The zero-order valence-corrected chi connectivity index (χ0v) is 12.0. The van der Waals surface area contributed by atoms with E-state index in [9.17, 15) is 4.79 Å². The van der Waals surface area contributed by atoms with Crippen molar-refractivity contribution in [1.82, 2.24) is 15.1 Å². The van der Waals surface area contributed by atoms with Gasteiger partial charge in [-0.3, -0.25) is 9.48 Å². The second kappa shape index (κ2) is 6.07. The van der Waals surface area contributed by atoms with Crippen LogP contribution in [0.5, 0.6) is 0 Å². The van der Waals surface area contributed by atoms with Gasteiger partial charge in [0.15, 0.2) is 0 Å². The van der Waals surface area contributed by atoms with Gasteiger partial charge in [0.05, 0.1) is 11.2 Å². The van der Waals surface area contributed by atoms with Gasteiger partial charge in [-0.25, -0.2) is 0 Å². The second-order valence-electron chi connectivity index (χ2n) is 4.56. The normalized spacial score (nSPS) is 13.9. The Hall–Kier alpha value is -1.85. The monoisotopic (exact) mass is 292 g/mol. The number of halogens is 1. The Labute approximate surface area is 122 Å². The minimum atomic E-state index is -0.917. The van der Waals surface area contributed by atoms with Crippen molar-refractivity contribution in [2.75, 3.05) is 7.05 Å². The highest BCUT2D eigenvalue weighted by Gasteiger charge is 2.36. The van der Waals surface area contributed by atoms with E-state index in [-0.39, 0.29) is 0 Å². The van der Waals surface area contributed by atoms with Gasteiger partial charge in [0.2, 0.25) is 5.91 Å². The molecule has 1 heterocycles. The van der Waals surface area contributed by atoms with Gasteiger partial charge in [-0.15, -0.1) is 0 Å². The first-order valence-electron chi connectivity index (χ1n) is 6.31. The fourth-order valence-corrected chi connectivity index (χ4v) is 2.42. The smallest absolute Gasteiger partial charge is 0.242 e. The van der Waals surface area contributed by atoms with Crippen LogP contribution in [0.1, 0.15) is 12.0 Å². The zero-order valence-electron chi connectivity index (χ0n) is 11.2. The predicted octanol–water partition coefficient (Wildman–Crippen LogP) is 1.53. The van der Waals surface area contributed by atoms with Crippen LogP contribution in [0.25, 0.3) is 0 Å². The van der Waals surface area contributed by atoms with E-state index < -0.39 is 11.4 Å². The third kappa shape index (κ3) is 2.84. The minimum absolute atomic E-state index is 0.413. The molecule has 0 saturated heterocycles. The summed E-state index contributed by atoms with van der Waals surface area (Å²) in [5, 5.41) is 7.74. The van der Waals surface area contributed by atoms with Gasteiger partial charge in [0.25, 0.3) is 0 Å². The van der Waals surface area contributed by atoms with Crippen molar-refractivity contribution >= 4 is 17.5 Å². The topological polar surface area (TPSA) is 72.9 Å². The number of aromatic nitrogens is 2. The predicted molar refractivity (Wildman–Crippen MR) is 78.2 cm³/mol. The van der Waals surface area contributed by atoms with E-state index in [0.717, 1.165) is 5.56 Å². The summed E-state index contributed by atoms with van der Waals surface area (Å²) in [6, 6.07) is 9.44. The second-order valence-corrected chi connectivity index (χ2v) is 4.99. The van der Waals surface area contributed by atoms with Crippen LogP contribution in [-0.2, 0) is 16.9 Å². The van der Waals surface area contributed by atoms with Crippen LogP contribution >= 0.6 is 11.6 Å². The number of primary amides is 1. The Morgan fingerprint density at radius 3 is 2.65 bits per heavy atom. The summed E-state index contributed by atoms with van der Waals surface area (Å²) in [5.74, 6) is -0.413. The van der Waals surface area contributed by atoms with Crippen LogP contribution < -0.4 is 11.1 Å². The molecule has 0 bridgehead atoms. The molecule has 6 heteroatoms. The number of nitrogens with two attached hydrogens (primary N) is 1. The Bertz CT molecular complexity index is 584. The molecule has 0 aliphatic rings. The number of likely N-dealkylation sites (N-methyl/N-ethyl adjacent to an activating group) is 1. The maximum atomic E-state index is 12.0. The van der Waals surface area contributed by atoms with Crippen LogP contribution in [0.15, 0.2) is 42.7 Å². The summed E-state index contributed by atoms with van der Waals surface area (Å²) in [4.78, 5) is 12.0. The molecule has 0 spiro atoms. The van der Waals surface area contributed by atoms with Crippen LogP contribution in [0.3, 0.4) is 0 Å². The molecular weight excluding hydrogens is 276 g/mol.